The van der Waals surface area contributed by atoms with Crippen LogP contribution >= 0.6 is 0 Å². The summed E-state index contributed by atoms with van der Waals surface area (Å²) in [7, 11) is 0. The Hall–Kier alpha value is -2.86. The number of rotatable bonds is 2. The Morgan fingerprint density at radius 1 is 1.25 bits per heavy atom. The Morgan fingerprint density at radius 3 is 3.00 bits per heavy atom. The van der Waals surface area contributed by atoms with E-state index >= 15 is 0 Å². The maximum atomic E-state index is 13.8. The van der Waals surface area contributed by atoms with Gasteiger partial charge < -0.3 is 18.8 Å². The van der Waals surface area contributed by atoms with E-state index in [2.05, 4.69) is 4.98 Å². The van der Waals surface area contributed by atoms with Gasteiger partial charge in [0.05, 0.1) is 12.6 Å². The van der Waals surface area contributed by atoms with Crippen LogP contribution in [0.4, 0.5) is 5.69 Å². The van der Waals surface area contributed by atoms with E-state index in [-0.39, 0.29) is 12.0 Å². The highest BCUT2D eigenvalue weighted by Gasteiger charge is 2.57. The number of aryl methyl sites for hydroxylation is 1. The molecule has 1 spiro atoms. The monoisotopic (exact) mass is 376 g/mol. The lowest BCUT2D eigenvalue weighted by atomic mass is 9.77. The number of para-hydroxylation sites is 1. The first-order valence-electron chi connectivity index (χ1n) is 9.74. The first kappa shape index (κ1) is 16.1. The zero-order valence-corrected chi connectivity index (χ0v) is 15.6. The highest BCUT2D eigenvalue weighted by molar-refractivity contribution is 6.12. The number of anilines is 1. The highest BCUT2D eigenvalue weighted by atomic mass is 16.5. The van der Waals surface area contributed by atoms with E-state index in [0.29, 0.717) is 30.4 Å². The third-order valence-corrected chi connectivity index (χ3v) is 6.18. The SMILES string of the molecule is Cc1nc2cc3c(cc2o1)C1(CO3)C(=O)N(CC2CCCO2)c2ccccc21. The average Bonchev–Trinajstić information content (AvgIpc) is 3.45. The van der Waals surface area contributed by atoms with Crippen LogP contribution in [0.2, 0.25) is 0 Å². The average molecular weight is 376 g/mol. The van der Waals surface area contributed by atoms with Crippen molar-refractivity contribution in [2.24, 2.45) is 0 Å². The van der Waals surface area contributed by atoms with E-state index in [4.69, 9.17) is 13.9 Å². The van der Waals surface area contributed by atoms with Crippen LogP contribution < -0.4 is 9.64 Å². The second-order valence-corrected chi connectivity index (χ2v) is 7.81. The minimum absolute atomic E-state index is 0.0542. The van der Waals surface area contributed by atoms with Crippen molar-refractivity contribution in [2.75, 3.05) is 24.7 Å². The Bertz CT molecular complexity index is 1110. The van der Waals surface area contributed by atoms with E-state index in [0.717, 1.165) is 41.8 Å². The van der Waals surface area contributed by atoms with E-state index in [1.54, 1.807) is 0 Å². The number of carbonyl (C=O) groups excluding carboxylic acids is 1. The standard InChI is InChI=1S/C22H20N2O4/c1-13-23-17-10-19-16(9-20(17)28-13)22(12-27-19)15-6-2-3-7-18(15)24(21(22)25)11-14-5-4-8-26-14/h2-3,6-7,9-10,14H,4-5,8,11-12H2,1H3. The first-order chi connectivity index (χ1) is 13.7. The lowest BCUT2D eigenvalue weighted by Crippen LogP contribution is -2.44. The molecule has 0 saturated carbocycles. The molecule has 1 fully saturated rings. The van der Waals surface area contributed by atoms with E-state index in [1.807, 2.05) is 48.2 Å². The number of benzene rings is 2. The second-order valence-electron chi connectivity index (χ2n) is 7.81. The van der Waals surface area contributed by atoms with Gasteiger partial charge in [0.15, 0.2) is 11.5 Å². The van der Waals surface area contributed by atoms with Crippen LogP contribution in [0.15, 0.2) is 40.8 Å². The fourth-order valence-corrected chi connectivity index (χ4v) is 4.88. The maximum absolute atomic E-state index is 13.8. The van der Waals surface area contributed by atoms with Gasteiger partial charge in [-0.15, -0.1) is 0 Å². The molecule has 3 aromatic rings. The third kappa shape index (κ3) is 2.01. The van der Waals surface area contributed by atoms with Gasteiger partial charge in [-0.05, 0) is 30.5 Å². The van der Waals surface area contributed by atoms with Crippen LogP contribution in [0, 0.1) is 6.92 Å². The number of hydrogen-bond donors (Lipinski definition) is 0. The molecule has 6 heteroatoms. The van der Waals surface area contributed by atoms with Gasteiger partial charge in [-0.25, -0.2) is 4.98 Å². The quantitative estimate of drug-likeness (QED) is 0.686. The first-order valence-corrected chi connectivity index (χ1v) is 9.74. The number of oxazole rings is 1. The fourth-order valence-electron chi connectivity index (χ4n) is 4.88. The Kier molecular flexibility index (Phi) is 3.21. The van der Waals surface area contributed by atoms with Crippen molar-refractivity contribution in [1.29, 1.82) is 0 Å². The smallest absolute Gasteiger partial charge is 0.245 e. The summed E-state index contributed by atoms with van der Waals surface area (Å²) in [6, 6.07) is 11.8. The Labute approximate surface area is 162 Å². The number of fused-ring (bicyclic) bond motifs is 5. The van der Waals surface area contributed by atoms with Crippen LogP contribution in [0.5, 0.6) is 5.75 Å². The van der Waals surface area contributed by atoms with Gasteiger partial charge in [0.25, 0.3) is 0 Å². The highest BCUT2D eigenvalue weighted by Crippen LogP contribution is 2.53. The van der Waals surface area contributed by atoms with Crippen molar-refractivity contribution < 1.29 is 18.7 Å². The van der Waals surface area contributed by atoms with Crippen molar-refractivity contribution in [2.45, 2.75) is 31.3 Å². The summed E-state index contributed by atoms with van der Waals surface area (Å²) < 4.78 is 17.6. The summed E-state index contributed by atoms with van der Waals surface area (Å²) in [6.45, 7) is 3.47. The van der Waals surface area contributed by atoms with E-state index < -0.39 is 5.41 Å². The molecular formula is C22H20N2O4. The summed E-state index contributed by atoms with van der Waals surface area (Å²) in [5.74, 6) is 1.37. The lowest BCUT2D eigenvalue weighted by Gasteiger charge is -2.24. The van der Waals surface area contributed by atoms with Crippen molar-refractivity contribution in [1.82, 2.24) is 4.98 Å². The predicted octanol–water partition coefficient (Wildman–Crippen LogP) is 3.34. The molecule has 2 unspecified atom stereocenters. The molecule has 2 atom stereocenters. The molecule has 3 aliphatic heterocycles. The largest absolute Gasteiger partial charge is 0.491 e. The number of amides is 1. The van der Waals surface area contributed by atoms with Gasteiger partial charge in [-0.3, -0.25) is 4.79 Å². The summed E-state index contributed by atoms with van der Waals surface area (Å²) in [5.41, 5.74) is 3.41. The van der Waals surface area contributed by atoms with Crippen molar-refractivity contribution >= 4 is 22.7 Å². The molecule has 3 aliphatic rings. The molecule has 0 bridgehead atoms. The third-order valence-electron chi connectivity index (χ3n) is 6.18. The van der Waals surface area contributed by atoms with Crippen molar-refractivity contribution in [3.05, 3.63) is 53.4 Å². The molecule has 6 rings (SSSR count). The van der Waals surface area contributed by atoms with Gasteiger partial charge >= 0.3 is 0 Å². The molecule has 0 N–H and O–H groups in total. The van der Waals surface area contributed by atoms with Gasteiger partial charge in [0.1, 0.15) is 23.3 Å². The predicted molar refractivity (Wildman–Crippen MR) is 103 cm³/mol. The van der Waals surface area contributed by atoms with Crippen LogP contribution in [0.3, 0.4) is 0 Å². The molecule has 1 aromatic heterocycles. The number of carbonyl (C=O) groups is 1. The molecule has 142 valence electrons. The zero-order chi connectivity index (χ0) is 18.9. The van der Waals surface area contributed by atoms with Crippen LogP contribution in [-0.4, -0.2) is 36.8 Å². The normalized spacial score (nSPS) is 25.5. The van der Waals surface area contributed by atoms with Gasteiger partial charge in [-0.1, -0.05) is 18.2 Å². The summed E-state index contributed by atoms with van der Waals surface area (Å²) >= 11 is 0. The number of hydrogen-bond acceptors (Lipinski definition) is 5. The summed E-state index contributed by atoms with van der Waals surface area (Å²) in [6.07, 6.45) is 2.13. The fraction of sp³-hybridized carbons (Fsp3) is 0.364. The topological polar surface area (TPSA) is 64.8 Å². The molecule has 4 heterocycles. The van der Waals surface area contributed by atoms with E-state index in [9.17, 15) is 4.79 Å². The summed E-state index contributed by atoms with van der Waals surface area (Å²) in [5, 5.41) is 0. The molecular weight excluding hydrogens is 356 g/mol. The molecule has 28 heavy (non-hydrogen) atoms. The molecule has 0 radical (unpaired) electrons. The van der Waals surface area contributed by atoms with Crippen molar-refractivity contribution in [3.63, 3.8) is 0 Å². The lowest BCUT2D eigenvalue weighted by molar-refractivity contribution is -0.122. The molecule has 6 nitrogen and oxygen atoms in total. The van der Waals surface area contributed by atoms with Crippen LogP contribution in [-0.2, 0) is 14.9 Å². The molecule has 1 amide bonds. The maximum Gasteiger partial charge on any atom is 0.245 e. The summed E-state index contributed by atoms with van der Waals surface area (Å²) in [4.78, 5) is 20.1. The minimum Gasteiger partial charge on any atom is -0.491 e. The number of nitrogens with zero attached hydrogens (tertiary/aromatic N) is 2. The Morgan fingerprint density at radius 2 is 2.14 bits per heavy atom. The molecule has 2 aromatic carbocycles. The van der Waals surface area contributed by atoms with E-state index in [1.165, 1.54) is 0 Å². The zero-order valence-electron chi connectivity index (χ0n) is 15.6. The second kappa shape index (κ2) is 5.58. The minimum atomic E-state index is -0.834. The van der Waals surface area contributed by atoms with Crippen molar-refractivity contribution in [3.8, 4) is 5.75 Å². The van der Waals surface area contributed by atoms with Gasteiger partial charge in [0.2, 0.25) is 5.91 Å². The Balaban J connectivity index is 1.52. The number of aromatic nitrogens is 1. The van der Waals surface area contributed by atoms with Gasteiger partial charge in [-0.2, -0.15) is 0 Å². The molecule has 1 saturated heterocycles. The van der Waals surface area contributed by atoms with Crippen LogP contribution in [0.1, 0.15) is 29.9 Å². The van der Waals surface area contributed by atoms with Gasteiger partial charge in [0, 0.05) is 30.8 Å². The number of ether oxygens (including phenoxy) is 2. The van der Waals surface area contributed by atoms with Crippen LogP contribution in [0.25, 0.3) is 11.1 Å². The molecule has 0 aliphatic carbocycles.